The van der Waals surface area contributed by atoms with Crippen molar-refractivity contribution in [3.8, 4) is 11.5 Å². The molecule has 4 aromatic carbocycles. The average molecular weight is 670 g/mol. The zero-order valence-electron chi connectivity index (χ0n) is 22.5. The van der Waals surface area contributed by atoms with Crippen molar-refractivity contribution in [3.05, 3.63) is 142 Å². The number of allylic oxidation sites excluding steroid dienone is 2. The Hall–Kier alpha value is -3.58. The van der Waals surface area contributed by atoms with E-state index in [9.17, 15) is 26.3 Å². The Kier molecular flexibility index (Phi) is 6.73. The van der Waals surface area contributed by atoms with Gasteiger partial charge in [0.25, 0.3) is 0 Å². The van der Waals surface area contributed by atoms with Gasteiger partial charge in [0.2, 0.25) is 0 Å². The Bertz CT molecular complexity index is 1620. The molecule has 43 heavy (non-hydrogen) atoms. The van der Waals surface area contributed by atoms with Gasteiger partial charge in [0.15, 0.2) is 0 Å². The molecular weight excluding hydrogens is 646 g/mol. The van der Waals surface area contributed by atoms with Crippen LogP contribution in [0.5, 0.6) is 11.5 Å². The van der Waals surface area contributed by atoms with Gasteiger partial charge in [-0.25, -0.2) is 0 Å². The molecule has 4 aromatic rings. The number of rotatable bonds is 4. The average Bonchev–Trinajstić information content (AvgIpc) is 3.51. The van der Waals surface area contributed by atoms with Crippen LogP contribution in [0.25, 0.3) is 12.2 Å². The van der Waals surface area contributed by atoms with Crippen LogP contribution in [0.2, 0.25) is 0 Å². The van der Waals surface area contributed by atoms with Crippen molar-refractivity contribution in [1.29, 1.82) is 0 Å². The van der Waals surface area contributed by atoms with Crippen molar-refractivity contribution in [3.63, 3.8) is 0 Å². The molecule has 3 aliphatic rings. The second kappa shape index (κ2) is 10.3. The van der Waals surface area contributed by atoms with Crippen molar-refractivity contribution in [2.24, 2.45) is 0 Å². The molecule has 1 saturated heterocycles. The number of fused-ring (bicyclic) bond motifs is 6. The molecule has 218 valence electrons. The van der Waals surface area contributed by atoms with E-state index in [0.717, 1.165) is 70.5 Å². The molecule has 0 amide bonds. The second-order valence-corrected chi connectivity index (χ2v) is 18.4. The van der Waals surface area contributed by atoms with Gasteiger partial charge in [-0.05, 0) is 0 Å². The summed E-state index contributed by atoms with van der Waals surface area (Å²) in [7, 11) is 0. The molecule has 9 heteroatoms. The molecule has 0 bridgehead atoms. The third-order valence-electron chi connectivity index (χ3n) is 8.46. The Morgan fingerprint density at radius 1 is 0.512 bits per heavy atom. The summed E-state index contributed by atoms with van der Waals surface area (Å²) in [5, 5.41) is 0. The molecule has 0 N–H and O–H groups in total. The zero-order chi connectivity index (χ0) is 30.0. The van der Waals surface area contributed by atoms with E-state index >= 15 is 0 Å². The van der Waals surface area contributed by atoms with Gasteiger partial charge in [-0.1, -0.05) is 0 Å². The van der Waals surface area contributed by atoms with E-state index in [1.54, 1.807) is 0 Å². The molecule has 1 aliphatic heterocycles. The predicted molar refractivity (Wildman–Crippen MR) is 148 cm³/mol. The van der Waals surface area contributed by atoms with E-state index in [0.29, 0.717) is 0 Å². The van der Waals surface area contributed by atoms with Gasteiger partial charge in [0.1, 0.15) is 0 Å². The summed E-state index contributed by atoms with van der Waals surface area (Å²) in [4.78, 5) is 0. The summed E-state index contributed by atoms with van der Waals surface area (Å²) in [5.41, 5.74) is 4.70. The van der Waals surface area contributed by atoms with E-state index in [4.69, 9.17) is 5.63 Å². The van der Waals surface area contributed by atoms with Crippen LogP contribution in [0.15, 0.2) is 108 Å². The van der Waals surface area contributed by atoms with Gasteiger partial charge >= 0.3 is 251 Å². The van der Waals surface area contributed by atoms with E-state index in [2.05, 4.69) is 12.2 Å². The summed E-state index contributed by atoms with van der Waals surface area (Å²) in [6.45, 7) is 0. The van der Waals surface area contributed by atoms with E-state index in [1.807, 2.05) is 48.5 Å². The van der Waals surface area contributed by atoms with E-state index < -0.39 is 44.6 Å². The minimum atomic E-state index is -4.94. The first-order valence-corrected chi connectivity index (χ1v) is 18.7. The van der Waals surface area contributed by atoms with Crippen LogP contribution in [0.4, 0.5) is 26.3 Å². The SMILES string of the molecule is FC(F)(F)c1ccc([O][Zr]2([O]c3ccc(C(F)(F)F)cc3)[CH]3C(=Cc4ccccc43)CCC3=Cc4ccccc4[CH]32)cc1. The number of benzene rings is 4. The van der Waals surface area contributed by atoms with Gasteiger partial charge in [-0.15, -0.1) is 0 Å². The van der Waals surface area contributed by atoms with Crippen LogP contribution in [-0.4, -0.2) is 0 Å². The third kappa shape index (κ3) is 4.96. The van der Waals surface area contributed by atoms with Crippen LogP contribution < -0.4 is 5.63 Å². The van der Waals surface area contributed by atoms with Gasteiger partial charge in [-0.2, -0.15) is 0 Å². The minimum absolute atomic E-state index is 0.241. The maximum absolute atomic E-state index is 13.4. The monoisotopic (exact) mass is 668 g/mol. The molecule has 2 unspecified atom stereocenters. The molecule has 1 fully saturated rings. The Morgan fingerprint density at radius 3 is 1.26 bits per heavy atom. The molecule has 0 radical (unpaired) electrons. The van der Waals surface area contributed by atoms with Crippen LogP contribution in [0.1, 0.15) is 53.5 Å². The van der Waals surface area contributed by atoms with Crippen molar-refractivity contribution >= 4 is 12.2 Å². The van der Waals surface area contributed by atoms with Gasteiger partial charge in [-0.3, -0.25) is 0 Å². The molecule has 1 heterocycles. The topological polar surface area (TPSA) is 18.5 Å². The Morgan fingerprint density at radius 2 is 0.884 bits per heavy atom. The van der Waals surface area contributed by atoms with Crippen molar-refractivity contribution in [2.45, 2.75) is 32.4 Å². The molecule has 2 atom stereocenters. The standard InChI is InChI=1S/C20H16.2C7H5F3O.Zr/c1-2-6-18-12-15(11-17(18)5-1)9-10-16-13-19-7-3-4-8-20(19)14-16;2*8-7(9,10)5-1-3-6(11)4-2-5;/h1-8,11-14H,9-10H2;2*1-4,11H;/q;;;+2/p-2. The first kappa shape index (κ1) is 28.2. The van der Waals surface area contributed by atoms with Gasteiger partial charge in [0.05, 0.1) is 0 Å². The first-order chi connectivity index (χ1) is 20.5. The first-order valence-electron chi connectivity index (χ1n) is 13.8. The predicted octanol–water partition coefficient (Wildman–Crippen LogP) is 10.2. The van der Waals surface area contributed by atoms with Crippen molar-refractivity contribution in [1.82, 2.24) is 0 Å². The molecule has 0 spiro atoms. The zero-order valence-corrected chi connectivity index (χ0v) is 25.0. The molecular formula is C34H24F6O2Zr. The third-order valence-corrected chi connectivity index (χ3v) is 18.5. The van der Waals surface area contributed by atoms with Crippen LogP contribution in [0, 0.1) is 0 Å². The second-order valence-electron chi connectivity index (χ2n) is 11.0. The Labute approximate surface area is 249 Å². The summed E-state index contributed by atoms with van der Waals surface area (Å²) >= 11 is -4.94. The van der Waals surface area contributed by atoms with Crippen LogP contribution in [-0.2, 0) is 33.5 Å². The normalized spacial score (nSPS) is 20.1. The summed E-state index contributed by atoms with van der Waals surface area (Å²) in [6, 6.07) is 25.1. The fourth-order valence-corrected chi connectivity index (χ4v) is 18.3. The van der Waals surface area contributed by atoms with Gasteiger partial charge < -0.3 is 0 Å². The molecule has 2 nitrogen and oxygen atoms in total. The molecule has 7 rings (SSSR count). The van der Waals surface area contributed by atoms with E-state index in [1.165, 1.54) is 24.3 Å². The summed E-state index contributed by atoms with van der Waals surface area (Å²) in [6.07, 6.45) is -3.27. The fourth-order valence-electron chi connectivity index (χ4n) is 6.66. The van der Waals surface area contributed by atoms with Gasteiger partial charge in [0, 0.05) is 0 Å². The van der Waals surface area contributed by atoms with Crippen LogP contribution in [0.3, 0.4) is 0 Å². The van der Waals surface area contributed by atoms with Crippen molar-refractivity contribution < 1.29 is 53.1 Å². The number of hydrogen-bond donors (Lipinski definition) is 0. The van der Waals surface area contributed by atoms with Crippen molar-refractivity contribution in [2.75, 3.05) is 0 Å². The Balaban J connectivity index is 1.45. The summed E-state index contributed by atoms with van der Waals surface area (Å²) in [5.74, 6) is 0.482. The molecule has 0 aromatic heterocycles. The molecule has 2 aliphatic carbocycles. The molecule has 0 saturated carbocycles. The quantitative estimate of drug-likeness (QED) is 0.201. The number of hydrogen-bond acceptors (Lipinski definition) is 2. The fraction of sp³-hybridized carbons (Fsp3) is 0.176. The maximum atomic E-state index is 13.4. The van der Waals surface area contributed by atoms with Crippen LogP contribution >= 0.6 is 0 Å². The number of alkyl halides is 6. The van der Waals surface area contributed by atoms with E-state index in [-0.39, 0.29) is 18.8 Å². The summed E-state index contributed by atoms with van der Waals surface area (Å²) < 4.78 is 94.2. The number of halogens is 6.